The second kappa shape index (κ2) is 7.03. The van der Waals surface area contributed by atoms with Crippen LogP contribution in [-0.4, -0.2) is 29.1 Å². The predicted molar refractivity (Wildman–Crippen MR) is 97.5 cm³/mol. The van der Waals surface area contributed by atoms with Crippen molar-refractivity contribution in [2.24, 2.45) is 0 Å². The van der Waals surface area contributed by atoms with E-state index in [-0.39, 0.29) is 11.4 Å². The molecular weight excluding hydrogens is 349 g/mol. The van der Waals surface area contributed by atoms with E-state index in [0.717, 1.165) is 11.1 Å². The van der Waals surface area contributed by atoms with E-state index in [4.69, 9.17) is 9.47 Å². The van der Waals surface area contributed by atoms with Crippen molar-refractivity contribution in [3.63, 3.8) is 0 Å². The van der Waals surface area contributed by atoms with Gasteiger partial charge < -0.3 is 14.8 Å². The van der Waals surface area contributed by atoms with E-state index in [0.29, 0.717) is 30.4 Å². The average Bonchev–Trinajstić information content (AvgIpc) is 2.68. The summed E-state index contributed by atoms with van der Waals surface area (Å²) in [5.74, 6) is 0.448. The first kappa shape index (κ1) is 17.0. The Bertz CT molecular complexity index is 1010. The lowest BCUT2D eigenvalue weighted by molar-refractivity contribution is 0.102. The summed E-state index contributed by atoms with van der Waals surface area (Å²) in [4.78, 5) is 20.7. The number of carbonyl (C=O) groups is 1. The Morgan fingerprint density at radius 2 is 1.81 bits per heavy atom. The van der Waals surface area contributed by atoms with Gasteiger partial charge in [-0.1, -0.05) is 12.1 Å². The highest BCUT2D eigenvalue weighted by Crippen LogP contribution is 2.36. The van der Waals surface area contributed by atoms with Crippen molar-refractivity contribution < 1.29 is 18.7 Å². The number of hydrogen-bond donors (Lipinski definition) is 1. The number of anilines is 1. The third-order valence-electron chi connectivity index (χ3n) is 4.18. The molecule has 0 bridgehead atoms. The van der Waals surface area contributed by atoms with Gasteiger partial charge in [0.05, 0.1) is 23.7 Å². The highest BCUT2D eigenvalue weighted by Gasteiger charge is 2.16. The van der Waals surface area contributed by atoms with Gasteiger partial charge in [0.1, 0.15) is 19.0 Å². The van der Waals surface area contributed by atoms with E-state index in [1.54, 1.807) is 12.3 Å². The molecule has 1 aliphatic heterocycles. The number of fused-ring (bicyclic) bond motifs is 1. The van der Waals surface area contributed by atoms with E-state index in [1.165, 1.54) is 24.4 Å². The van der Waals surface area contributed by atoms with Crippen LogP contribution in [0.1, 0.15) is 15.9 Å². The van der Waals surface area contributed by atoms with Crippen LogP contribution >= 0.6 is 0 Å². The fourth-order valence-corrected chi connectivity index (χ4v) is 2.83. The SMILES string of the molecule is Cc1cc2c(cc1-c1cnc(NC(=O)c3ccccc3F)cn1)OCCO2. The Morgan fingerprint density at radius 3 is 2.52 bits per heavy atom. The Morgan fingerprint density at radius 1 is 1.07 bits per heavy atom. The van der Waals surface area contributed by atoms with E-state index in [1.807, 2.05) is 19.1 Å². The van der Waals surface area contributed by atoms with Crippen LogP contribution in [0.5, 0.6) is 11.5 Å². The number of nitrogens with zero attached hydrogens (tertiary/aromatic N) is 2. The Kier molecular flexibility index (Phi) is 4.42. The third-order valence-corrected chi connectivity index (χ3v) is 4.18. The van der Waals surface area contributed by atoms with E-state index < -0.39 is 11.7 Å². The van der Waals surface area contributed by atoms with Crippen molar-refractivity contribution in [2.45, 2.75) is 6.92 Å². The lowest BCUT2D eigenvalue weighted by Crippen LogP contribution is -2.15. The van der Waals surface area contributed by atoms with Gasteiger partial charge in [-0.2, -0.15) is 0 Å². The van der Waals surface area contributed by atoms with Crippen LogP contribution in [-0.2, 0) is 0 Å². The van der Waals surface area contributed by atoms with Gasteiger partial charge >= 0.3 is 0 Å². The summed E-state index contributed by atoms with van der Waals surface area (Å²) in [7, 11) is 0. The molecule has 4 rings (SSSR count). The van der Waals surface area contributed by atoms with Gasteiger partial charge in [0.25, 0.3) is 5.91 Å². The number of halogens is 1. The molecule has 0 spiro atoms. The molecule has 2 aromatic carbocycles. The minimum Gasteiger partial charge on any atom is -0.486 e. The van der Waals surface area contributed by atoms with E-state index in [9.17, 15) is 9.18 Å². The van der Waals surface area contributed by atoms with Crippen LogP contribution < -0.4 is 14.8 Å². The van der Waals surface area contributed by atoms with Gasteiger partial charge in [0.15, 0.2) is 17.3 Å². The summed E-state index contributed by atoms with van der Waals surface area (Å²) < 4.78 is 24.9. The number of aromatic nitrogens is 2. The smallest absolute Gasteiger partial charge is 0.259 e. The van der Waals surface area contributed by atoms with Crippen molar-refractivity contribution in [3.8, 4) is 22.8 Å². The Labute approximate surface area is 155 Å². The number of nitrogens with one attached hydrogen (secondary N) is 1. The van der Waals surface area contributed by atoms with Crippen molar-refractivity contribution in [3.05, 3.63) is 65.7 Å². The van der Waals surface area contributed by atoms with Crippen LogP contribution in [0.2, 0.25) is 0 Å². The quantitative estimate of drug-likeness (QED) is 0.767. The van der Waals surface area contributed by atoms with E-state index >= 15 is 0 Å². The molecule has 0 saturated heterocycles. The number of rotatable bonds is 3. The van der Waals surface area contributed by atoms with Crippen molar-refractivity contribution in [2.75, 3.05) is 18.5 Å². The molecule has 1 N–H and O–H groups in total. The monoisotopic (exact) mass is 365 g/mol. The summed E-state index contributed by atoms with van der Waals surface area (Å²) >= 11 is 0. The first-order valence-electron chi connectivity index (χ1n) is 8.40. The van der Waals surface area contributed by atoms with Gasteiger partial charge in [0.2, 0.25) is 0 Å². The van der Waals surface area contributed by atoms with Crippen molar-refractivity contribution in [1.82, 2.24) is 9.97 Å². The zero-order chi connectivity index (χ0) is 18.8. The standard InChI is InChI=1S/C20H16FN3O3/c1-12-8-17-18(27-7-6-26-17)9-14(12)16-10-23-19(11-22-16)24-20(25)13-4-2-3-5-15(13)21/h2-5,8-11H,6-7H2,1H3,(H,23,24,25). The summed E-state index contributed by atoms with van der Waals surface area (Å²) in [6, 6.07) is 9.53. The second-order valence-corrected chi connectivity index (χ2v) is 6.03. The summed E-state index contributed by atoms with van der Waals surface area (Å²) in [6.07, 6.45) is 2.99. The molecule has 0 radical (unpaired) electrons. The number of hydrogen-bond acceptors (Lipinski definition) is 5. The molecule has 1 aliphatic rings. The molecule has 1 amide bonds. The molecule has 27 heavy (non-hydrogen) atoms. The minimum atomic E-state index is -0.591. The van der Waals surface area contributed by atoms with Gasteiger partial charge in [-0.05, 0) is 36.8 Å². The molecule has 0 fully saturated rings. The zero-order valence-corrected chi connectivity index (χ0v) is 14.5. The number of amides is 1. The van der Waals surface area contributed by atoms with Crippen LogP contribution in [0.3, 0.4) is 0 Å². The zero-order valence-electron chi connectivity index (χ0n) is 14.5. The lowest BCUT2D eigenvalue weighted by atomic mass is 10.0. The highest BCUT2D eigenvalue weighted by molar-refractivity contribution is 6.03. The maximum atomic E-state index is 13.7. The minimum absolute atomic E-state index is 0.0499. The summed E-state index contributed by atoms with van der Waals surface area (Å²) in [5, 5.41) is 2.55. The Balaban J connectivity index is 1.56. The molecule has 0 aliphatic carbocycles. The van der Waals surface area contributed by atoms with Crippen LogP contribution in [0.25, 0.3) is 11.3 Å². The first-order chi connectivity index (χ1) is 13.1. The van der Waals surface area contributed by atoms with Crippen LogP contribution in [0.15, 0.2) is 48.8 Å². The normalized spacial score (nSPS) is 12.5. The molecule has 6 nitrogen and oxygen atoms in total. The summed E-state index contributed by atoms with van der Waals surface area (Å²) in [5.41, 5.74) is 2.41. The second-order valence-electron chi connectivity index (χ2n) is 6.03. The average molecular weight is 365 g/mol. The van der Waals surface area contributed by atoms with Gasteiger partial charge in [-0.25, -0.2) is 9.37 Å². The number of benzene rings is 2. The van der Waals surface area contributed by atoms with Gasteiger partial charge in [0, 0.05) is 5.56 Å². The topological polar surface area (TPSA) is 73.3 Å². The molecular formula is C20H16FN3O3. The fourth-order valence-electron chi connectivity index (χ4n) is 2.83. The fraction of sp³-hybridized carbons (Fsp3) is 0.150. The van der Waals surface area contributed by atoms with Gasteiger partial charge in [-0.15, -0.1) is 0 Å². The lowest BCUT2D eigenvalue weighted by Gasteiger charge is -2.20. The molecule has 7 heteroatoms. The maximum absolute atomic E-state index is 13.7. The molecule has 3 aromatic rings. The number of ether oxygens (including phenoxy) is 2. The van der Waals surface area contributed by atoms with Crippen molar-refractivity contribution >= 4 is 11.7 Å². The van der Waals surface area contributed by atoms with Crippen molar-refractivity contribution in [1.29, 1.82) is 0 Å². The Hall–Kier alpha value is -3.48. The molecule has 1 aromatic heterocycles. The highest BCUT2D eigenvalue weighted by atomic mass is 19.1. The predicted octanol–water partition coefficient (Wildman–Crippen LogP) is 3.61. The third kappa shape index (κ3) is 3.44. The van der Waals surface area contributed by atoms with Gasteiger partial charge in [-0.3, -0.25) is 9.78 Å². The number of carbonyl (C=O) groups excluding carboxylic acids is 1. The molecule has 0 atom stereocenters. The molecule has 136 valence electrons. The molecule has 0 unspecified atom stereocenters. The largest absolute Gasteiger partial charge is 0.486 e. The summed E-state index contributed by atoms with van der Waals surface area (Å²) in [6.45, 7) is 2.98. The molecule has 2 heterocycles. The van der Waals surface area contributed by atoms with Crippen LogP contribution in [0, 0.1) is 12.7 Å². The van der Waals surface area contributed by atoms with E-state index in [2.05, 4.69) is 15.3 Å². The molecule has 0 saturated carbocycles. The number of aryl methyl sites for hydroxylation is 1. The maximum Gasteiger partial charge on any atom is 0.259 e. The van der Waals surface area contributed by atoms with Crippen LogP contribution in [0.4, 0.5) is 10.2 Å². The first-order valence-corrected chi connectivity index (χ1v) is 8.40.